The van der Waals surface area contributed by atoms with Crippen molar-refractivity contribution in [3.05, 3.63) is 47.4 Å². The SMILES string of the molecule is [C-]#[N+]c1cccc(NCC23CCC(c4noc(C(C)(F)F)n4)(CC2)CC3)c1. The van der Waals surface area contributed by atoms with Crippen molar-refractivity contribution < 1.29 is 13.3 Å². The van der Waals surface area contributed by atoms with Gasteiger partial charge in [0.2, 0.25) is 0 Å². The van der Waals surface area contributed by atoms with Gasteiger partial charge < -0.3 is 9.84 Å². The molecule has 1 N–H and O–H groups in total. The number of nitrogens with one attached hydrogen (secondary N) is 1. The maximum atomic E-state index is 13.4. The lowest BCUT2D eigenvalue weighted by Crippen LogP contribution is -2.47. The summed E-state index contributed by atoms with van der Waals surface area (Å²) >= 11 is 0. The quantitative estimate of drug-likeness (QED) is 0.711. The van der Waals surface area contributed by atoms with Gasteiger partial charge in [0, 0.05) is 24.6 Å². The van der Waals surface area contributed by atoms with E-state index in [4.69, 9.17) is 11.1 Å². The van der Waals surface area contributed by atoms with Crippen LogP contribution in [-0.2, 0) is 11.3 Å². The Hall–Kier alpha value is -2.49. The molecule has 2 aromatic rings. The number of fused-ring (bicyclic) bond motifs is 3. The molecule has 0 unspecified atom stereocenters. The van der Waals surface area contributed by atoms with Crippen molar-refractivity contribution in [2.24, 2.45) is 5.41 Å². The Morgan fingerprint density at radius 3 is 2.52 bits per heavy atom. The van der Waals surface area contributed by atoms with Crippen molar-refractivity contribution in [1.82, 2.24) is 10.1 Å². The van der Waals surface area contributed by atoms with Crippen LogP contribution in [0.2, 0.25) is 0 Å². The highest BCUT2D eigenvalue weighted by molar-refractivity contribution is 5.57. The molecule has 3 saturated carbocycles. The van der Waals surface area contributed by atoms with E-state index in [1.807, 2.05) is 18.2 Å². The second-order valence-corrected chi connectivity index (χ2v) is 8.11. The van der Waals surface area contributed by atoms with Gasteiger partial charge >= 0.3 is 5.92 Å². The summed E-state index contributed by atoms with van der Waals surface area (Å²) in [5.74, 6) is -3.24. The normalized spacial score (nSPS) is 27.3. The summed E-state index contributed by atoms with van der Waals surface area (Å²) in [6.45, 7) is 8.76. The first-order valence-electron chi connectivity index (χ1n) is 9.28. The van der Waals surface area contributed by atoms with Crippen LogP contribution < -0.4 is 5.32 Å². The van der Waals surface area contributed by atoms with Crippen molar-refractivity contribution in [3.8, 4) is 0 Å². The summed E-state index contributed by atoms with van der Waals surface area (Å²) in [4.78, 5) is 7.50. The predicted octanol–water partition coefficient (Wildman–Crippen LogP) is 5.44. The van der Waals surface area contributed by atoms with Crippen LogP contribution in [0.1, 0.15) is 57.2 Å². The van der Waals surface area contributed by atoms with Gasteiger partial charge in [0.05, 0.1) is 6.57 Å². The largest absolute Gasteiger partial charge is 0.386 e. The first-order chi connectivity index (χ1) is 12.8. The van der Waals surface area contributed by atoms with Crippen LogP contribution in [0, 0.1) is 12.0 Å². The third-order valence-corrected chi connectivity index (χ3v) is 6.32. The number of aromatic nitrogens is 2. The highest BCUT2D eigenvalue weighted by Gasteiger charge is 2.52. The number of alkyl halides is 2. The van der Waals surface area contributed by atoms with Crippen LogP contribution in [-0.4, -0.2) is 16.7 Å². The molecule has 1 heterocycles. The maximum Gasteiger partial charge on any atom is 0.322 e. The van der Waals surface area contributed by atoms with Crippen molar-refractivity contribution >= 4 is 11.4 Å². The van der Waals surface area contributed by atoms with Crippen LogP contribution in [0.15, 0.2) is 28.8 Å². The minimum Gasteiger partial charge on any atom is -0.386 e. The Labute approximate surface area is 157 Å². The molecule has 0 spiro atoms. The van der Waals surface area contributed by atoms with E-state index in [9.17, 15) is 8.78 Å². The molecule has 1 aromatic heterocycles. The lowest BCUT2D eigenvalue weighted by molar-refractivity contribution is -0.0158. The number of hydrogen-bond donors (Lipinski definition) is 1. The highest BCUT2D eigenvalue weighted by atomic mass is 19.3. The molecule has 0 radical (unpaired) electrons. The van der Waals surface area contributed by atoms with Gasteiger partial charge in [-0.3, -0.25) is 0 Å². The van der Waals surface area contributed by atoms with Crippen LogP contribution in [0.4, 0.5) is 20.2 Å². The number of anilines is 1. The van der Waals surface area contributed by atoms with E-state index >= 15 is 0 Å². The fourth-order valence-corrected chi connectivity index (χ4v) is 4.46. The summed E-state index contributed by atoms with van der Waals surface area (Å²) in [6.07, 6.45) is 5.71. The van der Waals surface area contributed by atoms with Crippen LogP contribution in [0.3, 0.4) is 0 Å². The molecule has 0 amide bonds. The zero-order valence-corrected chi connectivity index (χ0v) is 15.3. The molecule has 3 fully saturated rings. The fourth-order valence-electron chi connectivity index (χ4n) is 4.46. The van der Waals surface area contributed by atoms with Crippen molar-refractivity contribution in [2.75, 3.05) is 11.9 Å². The smallest absolute Gasteiger partial charge is 0.322 e. The number of hydrogen-bond acceptors (Lipinski definition) is 4. The molecule has 7 heteroatoms. The van der Waals surface area contributed by atoms with Crippen molar-refractivity contribution in [2.45, 2.75) is 56.8 Å². The Bertz CT molecular complexity index is 856. The van der Waals surface area contributed by atoms with Gasteiger partial charge in [-0.15, -0.1) is 0 Å². The van der Waals surface area contributed by atoms with Crippen LogP contribution >= 0.6 is 0 Å². The predicted molar refractivity (Wildman–Crippen MR) is 96.9 cm³/mol. The van der Waals surface area contributed by atoms with E-state index in [2.05, 4.69) is 20.3 Å². The molecular formula is C20H22F2N4O. The summed E-state index contributed by atoms with van der Waals surface area (Å²) in [5, 5.41) is 7.39. The molecule has 3 aliphatic rings. The van der Waals surface area contributed by atoms with Gasteiger partial charge in [-0.05, 0) is 56.1 Å². The molecule has 5 nitrogen and oxygen atoms in total. The molecule has 142 valence electrons. The van der Waals surface area contributed by atoms with Crippen molar-refractivity contribution in [3.63, 3.8) is 0 Å². The summed E-state index contributed by atoms with van der Waals surface area (Å²) in [5.41, 5.74) is 1.58. The minimum absolute atomic E-state index is 0.205. The number of halogens is 2. The van der Waals surface area contributed by atoms with Crippen molar-refractivity contribution in [1.29, 1.82) is 0 Å². The minimum atomic E-state index is -3.10. The Balaban J connectivity index is 1.43. The van der Waals surface area contributed by atoms with E-state index in [-0.39, 0.29) is 10.8 Å². The summed E-state index contributed by atoms with van der Waals surface area (Å²) < 4.78 is 31.7. The fraction of sp³-hybridized carbons (Fsp3) is 0.550. The second kappa shape index (κ2) is 6.29. The Morgan fingerprint density at radius 2 is 1.93 bits per heavy atom. The van der Waals surface area contributed by atoms with Gasteiger partial charge in [0.1, 0.15) is 0 Å². The molecule has 27 heavy (non-hydrogen) atoms. The van der Waals surface area contributed by atoms with Gasteiger partial charge in [-0.2, -0.15) is 13.8 Å². The van der Waals surface area contributed by atoms with Gasteiger partial charge in [0.25, 0.3) is 5.89 Å². The van der Waals surface area contributed by atoms with Gasteiger partial charge in [0.15, 0.2) is 11.5 Å². The summed E-state index contributed by atoms with van der Waals surface area (Å²) in [7, 11) is 0. The lowest BCUT2D eigenvalue weighted by atomic mass is 9.53. The van der Waals surface area contributed by atoms with E-state index in [0.717, 1.165) is 57.7 Å². The number of benzene rings is 1. The second-order valence-electron chi connectivity index (χ2n) is 8.11. The third kappa shape index (κ3) is 3.29. The monoisotopic (exact) mass is 372 g/mol. The van der Waals surface area contributed by atoms with E-state index in [0.29, 0.717) is 11.5 Å². The highest BCUT2D eigenvalue weighted by Crippen LogP contribution is 2.57. The van der Waals surface area contributed by atoms with Gasteiger partial charge in [-0.1, -0.05) is 17.3 Å². The molecule has 5 rings (SSSR count). The molecule has 0 saturated heterocycles. The number of rotatable bonds is 5. The van der Waals surface area contributed by atoms with E-state index < -0.39 is 11.8 Å². The first kappa shape index (κ1) is 17.9. The standard InChI is InChI=1S/C20H22F2N4O/c1-18(21,22)17-25-16(26-27-17)20-9-6-19(7-10-20,8-11-20)13-24-15-5-3-4-14(12-15)23-2/h3-5,12,24H,6-11,13H2,1H3. The average molecular weight is 372 g/mol. The van der Waals surface area contributed by atoms with Crippen LogP contribution in [0.25, 0.3) is 4.85 Å². The first-order valence-corrected chi connectivity index (χ1v) is 9.28. The lowest BCUT2D eigenvalue weighted by Gasteiger charge is -2.52. The topological polar surface area (TPSA) is 55.3 Å². The maximum absolute atomic E-state index is 13.4. The van der Waals surface area contributed by atoms with Gasteiger partial charge in [-0.25, -0.2) is 4.85 Å². The molecule has 0 aliphatic heterocycles. The van der Waals surface area contributed by atoms with Crippen LogP contribution in [0.5, 0.6) is 0 Å². The van der Waals surface area contributed by atoms with E-state index in [1.165, 1.54) is 0 Å². The molecule has 1 aromatic carbocycles. The Kier molecular flexibility index (Phi) is 4.17. The average Bonchev–Trinajstić information content (AvgIpc) is 3.20. The molecule has 0 atom stereocenters. The summed E-state index contributed by atoms with van der Waals surface area (Å²) in [6, 6.07) is 7.53. The zero-order valence-electron chi connectivity index (χ0n) is 15.3. The zero-order chi connectivity index (χ0) is 19.1. The Morgan fingerprint density at radius 1 is 1.22 bits per heavy atom. The van der Waals surface area contributed by atoms with E-state index in [1.54, 1.807) is 6.07 Å². The molecule has 3 aliphatic carbocycles. The molecule has 2 bridgehead atoms. The number of nitrogens with zero attached hydrogens (tertiary/aromatic N) is 3. The molecular weight excluding hydrogens is 350 g/mol. The third-order valence-electron chi connectivity index (χ3n) is 6.32.